The van der Waals surface area contributed by atoms with Crippen molar-refractivity contribution in [1.29, 1.82) is 0 Å². The zero-order valence-electron chi connectivity index (χ0n) is 11.2. The first-order valence-electron chi connectivity index (χ1n) is 5.63. The van der Waals surface area contributed by atoms with Crippen LogP contribution in [0.25, 0.3) is 0 Å². The van der Waals surface area contributed by atoms with Crippen LogP contribution in [0.2, 0.25) is 0 Å². The lowest BCUT2D eigenvalue weighted by Crippen LogP contribution is -2.51. The molecule has 1 N–H and O–H groups in total. The zero-order chi connectivity index (χ0) is 13.7. The van der Waals surface area contributed by atoms with E-state index >= 15 is 0 Å². The maximum absolute atomic E-state index is 12.3. The molecule has 0 aliphatic rings. The van der Waals surface area contributed by atoms with Gasteiger partial charge in [0.2, 0.25) is 0 Å². The minimum atomic E-state index is -3.51. The molecule has 6 heteroatoms. The topological polar surface area (TPSA) is 60.9 Å². The third-order valence-electron chi connectivity index (χ3n) is 2.35. The summed E-state index contributed by atoms with van der Waals surface area (Å²) in [5.74, 6) is 0. The Balaban J connectivity index is 5.02. The van der Waals surface area contributed by atoms with Crippen molar-refractivity contribution in [3.63, 3.8) is 0 Å². The van der Waals surface area contributed by atoms with Gasteiger partial charge in [-0.15, -0.1) is 6.58 Å². The molecule has 0 aliphatic carbocycles. The Bertz CT molecular complexity index is 333. The lowest BCUT2D eigenvalue weighted by molar-refractivity contribution is 0.240. The number of rotatable bonds is 7. The fraction of sp³-hybridized carbons (Fsp3) is 0.818. The molecule has 0 amide bonds. The molecule has 0 atom stereocenters. The minimum absolute atomic E-state index is 0.0170. The highest BCUT2D eigenvalue weighted by Gasteiger charge is 2.34. The lowest BCUT2D eigenvalue weighted by Gasteiger charge is -2.36. The summed E-state index contributed by atoms with van der Waals surface area (Å²) in [6.07, 6.45) is 2.00. The van der Waals surface area contributed by atoms with Gasteiger partial charge in [-0.05, 0) is 27.2 Å². The second-order valence-electron chi connectivity index (χ2n) is 4.90. The normalized spacial score (nSPS) is 13.4. The van der Waals surface area contributed by atoms with E-state index in [1.807, 2.05) is 20.8 Å². The molecule has 0 spiro atoms. The van der Waals surface area contributed by atoms with Gasteiger partial charge < -0.3 is 5.11 Å². The zero-order valence-corrected chi connectivity index (χ0v) is 12.0. The van der Waals surface area contributed by atoms with E-state index in [0.29, 0.717) is 13.0 Å². The summed E-state index contributed by atoms with van der Waals surface area (Å²) in [6.45, 7) is 9.67. The summed E-state index contributed by atoms with van der Waals surface area (Å²) in [5.41, 5.74) is -0.500. The van der Waals surface area contributed by atoms with Crippen molar-refractivity contribution < 1.29 is 13.5 Å². The van der Waals surface area contributed by atoms with Crippen LogP contribution in [0.3, 0.4) is 0 Å². The predicted octanol–water partition coefficient (Wildman–Crippen LogP) is 0.832. The summed E-state index contributed by atoms with van der Waals surface area (Å²) < 4.78 is 27.2. The molecule has 0 fully saturated rings. The summed E-state index contributed by atoms with van der Waals surface area (Å²) in [7, 11) is -1.99. The van der Waals surface area contributed by atoms with E-state index in [1.165, 1.54) is 15.7 Å². The summed E-state index contributed by atoms with van der Waals surface area (Å²) in [5, 5.41) is 8.73. The fourth-order valence-corrected chi connectivity index (χ4v) is 3.09. The first-order valence-corrected chi connectivity index (χ1v) is 7.03. The standard InChI is InChI=1S/C11H24N2O3S/c1-6-8-13(11(2,3)4)17(15,16)12(5)9-7-10-14/h6,14H,1,7-10H2,2-5H3. The van der Waals surface area contributed by atoms with Crippen LogP contribution in [-0.2, 0) is 10.2 Å². The lowest BCUT2D eigenvalue weighted by atomic mass is 10.1. The van der Waals surface area contributed by atoms with E-state index in [4.69, 9.17) is 5.11 Å². The molecular formula is C11H24N2O3S. The van der Waals surface area contributed by atoms with Gasteiger partial charge >= 0.3 is 0 Å². The molecule has 0 unspecified atom stereocenters. The Kier molecular flexibility index (Phi) is 6.32. The van der Waals surface area contributed by atoms with E-state index in [-0.39, 0.29) is 13.2 Å². The molecule has 0 aromatic rings. The van der Waals surface area contributed by atoms with Gasteiger partial charge in [-0.2, -0.15) is 17.0 Å². The average Bonchev–Trinajstić information content (AvgIpc) is 2.20. The van der Waals surface area contributed by atoms with Crippen molar-refractivity contribution in [2.75, 3.05) is 26.7 Å². The van der Waals surface area contributed by atoms with Gasteiger partial charge in [0.1, 0.15) is 0 Å². The van der Waals surface area contributed by atoms with Crippen LogP contribution in [0.4, 0.5) is 0 Å². The summed E-state index contributed by atoms with van der Waals surface area (Å²) in [4.78, 5) is 0. The third-order valence-corrected chi connectivity index (χ3v) is 4.57. The van der Waals surface area contributed by atoms with Crippen molar-refractivity contribution in [3.05, 3.63) is 12.7 Å². The number of aliphatic hydroxyl groups is 1. The van der Waals surface area contributed by atoms with Crippen molar-refractivity contribution in [2.24, 2.45) is 0 Å². The average molecular weight is 264 g/mol. The minimum Gasteiger partial charge on any atom is -0.396 e. The second kappa shape index (κ2) is 6.49. The number of hydrogen-bond acceptors (Lipinski definition) is 3. The van der Waals surface area contributed by atoms with Crippen LogP contribution in [-0.4, -0.2) is 54.4 Å². The van der Waals surface area contributed by atoms with Crippen molar-refractivity contribution >= 4 is 10.2 Å². The van der Waals surface area contributed by atoms with Crippen LogP contribution < -0.4 is 0 Å². The van der Waals surface area contributed by atoms with Gasteiger partial charge in [0.25, 0.3) is 10.2 Å². The molecule has 0 saturated carbocycles. The maximum atomic E-state index is 12.3. The predicted molar refractivity (Wildman–Crippen MR) is 69.9 cm³/mol. The molecule has 0 bridgehead atoms. The molecule has 0 radical (unpaired) electrons. The molecule has 0 heterocycles. The van der Waals surface area contributed by atoms with E-state index in [2.05, 4.69) is 6.58 Å². The fourth-order valence-electron chi connectivity index (χ4n) is 1.41. The van der Waals surface area contributed by atoms with Crippen LogP contribution in [0.15, 0.2) is 12.7 Å². The molecule has 17 heavy (non-hydrogen) atoms. The van der Waals surface area contributed by atoms with E-state index < -0.39 is 15.7 Å². The largest absolute Gasteiger partial charge is 0.396 e. The van der Waals surface area contributed by atoms with Gasteiger partial charge in [-0.1, -0.05) is 6.08 Å². The Morgan fingerprint density at radius 2 is 1.88 bits per heavy atom. The highest BCUT2D eigenvalue weighted by atomic mass is 32.2. The number of nitrogens with zero attached hydrogens (tertiary/aromatic N) is 2. The van der Waals surface area contributed by atoms with Gasteiger partial charge in [0.15, 0.2) is 0 Å². The van der Waals surface area contributed by atoms with Gasteiger partial charge in [-0.25, -0.2) is 0 Å². The Morgan fingerprint density at radius 1 is 1.35 bits per heavy atom. The highest BCUT2D eigenvalue weighted by Crippen LogP contribution is 2.20. The summed E-state index contributed by atoms with van der Waals surface area (Å²) in [6, 6.07) is 0. The smallest absolute Gasteiger partial charge is 0.282 e. The summed E-state index contributed by atoms with van der Waals surface area (Å²) >= 11 is 0. The second-order valence-corrected chi connectivity index (χ2v) is 6.86. The van der Waals surface area contributed by atoms with Crippen molar-refractivity contribution in [2.45, 2.75) is 32.7 Å². The van der Waals surface area contributed by atoms with Crippen molar-refractivity contribution in [1.82, 2.24) is 8.61 Å². The Labute approximate surface area is 105 Å². The SMILES string of the molecule is C=CCN(C(C)(C)C)S(=O)(=O)N(C)CCCO. The van der Waals surface area contributed by atoms with Gasteiger partial charge in [0.05, 0.1) is 0 Å². The number of hydrogen-bond donors (Lipinski definition) is 1. The van der Waals surface area contributed by atoms with Crippen LogP contribution in [0.5, 0.6) is 0 Å². The van der Waals surface area contributed by atoms with E-state index in [0.717, 1.165) is 0 Å². The molecule has 0 aliphatic heterocycles. The Morgan fingerprint density at radius 3 is 2.24 bits per heavy atom. The van der Waals surface area contributed by atoms with Gasteiger partial charge in [0, 0.05) is 32.3 Å². The maximum Gasteiger partial charge on any atom is 0.282 e. The first kappa shape index (κ1) is 16.6. The molecule has 0 aromatic carbocycles. The van der Waals surface area contributed by atoms with E-state index in [9.17, 15) is 8.42 Å². The quantitative estimate of drug-likeness (QED) is 0.693. The van der Waals surface area contributed by atoms with Crippen LogP contribution in [0.1, 0.15) is 27.2 Å². The first-order chi connectivity index (χ1) is 7.67. The molecular weight excluding hydrogens is 240 g/mol. The number of aliphatic hydroxyl groups excluding tert-OH is 1. The van der Waals surface area contributed by atoms with Crippen LogP contribution >= 0.6 is 0 Å². The monoisotopic (exact) mass is 264 g/mol. The Hall–Kier alpha value is -0.430. The van der Waals surface area contributed by atoms with E-state index in [1.54, 1.807) is 6.08 Å². The molecule has 0 aromatic heterocycles. The van der Waals surface area contributed by atoms with Crippen LogP contribution in [0, 0.1) is 0 Å². The molecule has 102 valence electrons. The molecule has 0 saturated heterocycles. The van der Waals surface area contributed by atoms with Crippen molar-refractivity contribution in [3.8, 4) is 0 Å². The molecule has 0 rings (SSSR count). The molecule has 5 nitrogen and oxygen atoms in total. The third kappa shape index (κ3) is 4.75. The highest BCUT2D eigenvalue weighted by molar-refractivity contribution is 7.86. The van der Waals surface area contributed by atoms with Gasteiger partial charge in [-0.3, -0.25) is 0 Å².